The largest absolute Gasteiger partial charge is 0.480 e. The number of aliphatic carboxylic acids is 1. The summed E-state index contributed by atoms with van der Waals surface area (Å²) in [5.74, 6) is -1.24. The molecule has 122 valence electrons. The van der Waals surface area contributed by atoms with Gasteiger partial charge in [-0.3, -0.25) is 9.59 Å². The van der Waals surface area contributed by atoms with Crippen molar-refractivity contribution in [3.8, 4) is 5.82 Å². The lowest BCUT2D eigenvalue weighted by molar-refractivity contribution is -0.139. The van der Waals surface area contributed by atoms with Crippen molar-refractivity contribution < 1.29 is 14.7 Å². The van der Waals surface area contributed by atoms with Crippen LogP contribution in [0, 0.1) is 6.92 Å². The van der Waals surface area contributed by atoms with E-state index < -0.39 is 17.9 Å². The second-order valence-electron chi connectivity index (χ2n) is 4.99. The number of H-pyrrole nitrogens is 1. The maximum absolute atomic E-state index is 12.2. The van der Waals surface area contributed by atoms with Gasteiger partial charge in [-0.05, 0) is 19.4 Å². The zero-order valence-electron chi connectivity index (χ0n) is 12.7. The minimum Gasteiger partial charge on any atom is -0.480 e. The third-order valence-electron chi connectivity index (χ3n) is 3.32. The van der Waals surface area contributed by atoms with Crippen LogP contribution in [-0.4, -0.2) is 43.0 Å². The molecule has 2 aromatic rings. The first kappa shape index (κ1) is 16.4. The Morgan fingerprint density at radius 3 is 2.74 bits per heavy atom. The second-order valence-corrected chi connectivity index (χ2v) is 4.99. The number of aromatic amines is 1. The number of amides is 1. The molecule has 0 aliphatic rings. The number of aromatic nitrogens is 4. The minimum atomic E-state index is -1.08. The van der Waals surface area contributed by atoms with Crippen LogP contribution in [-0.2, 0) is 4.79 Å². The predicted octanol–water partition coefficient (Wildman–Crippen LogP) is 0.247. The maximum atomic E-state index is 12.2. The van der Waals surface area contributed by atoms with Gasteiger partial charge in [-0.1, -0.05) is 13.3 Å². The van der Waals surface area contributed by atoms with Gasteiger partial charge in [-0.15, -0.1) is 0 Å². The molecule has 1 unspecified atom stereocenters. The summed E-state index contributed by atoms with van der Waals surface area (Å²) in [7, 11) is 0. The number of carboxylic acids is 1. The SMILES string of the molecule is CCCC(NC(=O)c1cnn(-c2ccc(=O)[nH]n2)c1C)C(=O)O. The van der Waals surface area contributed by atoms with E-state index in [1.165, 1.54) is 23.0 Å². The minimum absolute atomic E-state index is 0.250. The molecule has 1 atom stereocenters. The van der Waals surface area contributed by atoms with Gasteiger partial charge in [0.25, 0.3) is 11.5 Å². The lowest BCUT2D eigenvalue weighted by atomic mass is 10.1. The Balaban J connectivity index is 2.24. The summed E-state index contributed by atoms with van der Waals surface area (Å²) in [4.78, 5) is 34.4. The van der Waals surface area contributed by atoms with E-state index in [0.717, 1.165) is 0 Å². The van der Waals surface area contributed by atoms with E-state index in [0.29, 0.717) is 24.4 Å². The quantitative estimate of drug-likeness (QED) is 0.699. The number of carbonyl (C=O) groups excluding carboxylic acids is 1. The van der Waals surface area contributed by atoms with Gasteiger partial charge in [0.15, 0.2) is 5.82 Å². The summed E-state index contributed by atoms with van der Waals surface area (Å²) < 4.78 is 1.39. The van der Waals surface area contributed by atoms with Crippen LogP contribution in [0.4, 0.5) is 0 Å². The zero-order chi connectivity index (χ0) is 17.0. The van der Waals surface area contributed by atoms with Crippen LogP contribution in [0.3, 0.4) is 0 Å². The number of carbonyl (C=O) groups is 2. The molecule has 2 heterocycles. The fraction of sp³-hybridized carbons (Fsp3) is 0.357. The molecule has 23 heavy (non-hydrogen) atoms. The Morgan fingerprint density at radius 1 is 1.43 bits per heavy atom. The highest BCUT2D eigenvalue weighted by Gasteiger charge is 2.22. The summed E-state index contributed by atoms with van der Waals surface area (Å²) in [5, 5.41) is 21.8. The van der Waals surface area contributed by atoms with Gasteiger partial charge in [0.1, 0.15) is 6.04 Å². The summed E-state index contributed by atoms with van der Waals surface area (Å²) in [6, 6.07) is 1.82. The lowest BCUT2D eigenvalue weighted by Gasteiger charge is -2.13. The van der Waals surface area contributed by atoms with Gasteiger partial charge in [0.2, 0.25) is 0 Å². The number of nitrogens with one attached hydrogen (secondary N) is 2. The molecule has 2 rings (SSSR count). The molecule has 0 radical (unpaired) electrons. The third-order valence-corrected chi connectivity index (χ3v) is 3.32. The van der Waals surface area contributed by atoms with E-state index in [1.807, 2.05) is 6.92 Å². The topological polar surface area (TPSA) is 130 Å². The van der Waals surface area contributed by atoms with Gasteiger partial charge < -0.3 is 10.4 Å². The summed E-state index contributed by atoms with van der Waals surface area (Å²) in [6.45, 7) is 3.50. The zero-order valence-corrected chi connectivity index (χ0v) is 12.7. The number of nitrogens with zero attached hydrogens (tertiary/aromatic N) is 3. The molecule has 0 bridgehead atoms. The molecule has 1 amide bonds. The van der Waals surface area contributed by atoms with Crippen molar-refractivity contribution in [3.05, 3.63) is 39.9 Å². The molecule has 0 aliphatic heterocycles. The van der Waals surface area contributed by atoms with Crippen LogP contribution >= 0.6 is 0 Å². The molecule has 3 N–H and O–H groups in total. The number of rotatable bonds is 6. The number of hydrogen-bond donors (Lipinski definition) is 3. The van der Waals surface area contributed by atoms with Crippen molar-refractivity contribution in [2.45, 2.75) is 32.7 Å². The van der Waals surface area contributed by atoms with Gasteiger partial charge in [-0.25, -0.2) is 14.6 Å². The van der Waals surface area contributed by atoms with E-state index >= 15 is 0 Å². The van der Waals surface area contributed by atoms with Crippen molar-refractivity contribution in [2.75, 3.05) is 0 Å². The first-order chi connectivity index (χ1) is 10.9. The van der Waals surface area contributed by atoms with Gasteiger partial charge in [0.05, 0.1) is 17.5 Å². The fourth-order valence-electron chi connectivity index (χ4n) is 2.10. The van der Waals surface area contributed by atoms with Crippen molar-refractivity contribution in [3.63, 3.8) is 0 Å². The molecular weight excluding hydrogens is 302 g/mol. The Labute approximate surface area is 131 Å². The molecule has 0 fully saturated rings. The maximum Gasteiger partial charge on any atom is 0.326 e. The van der Waals surface area contributed by atoms with Gasteiger partial charge in [0, 0.05) is 6.07 Å². The molecule has 0 saturated carbocycles. The molecule has 0 aromatic carbocycles. The van der Waals surface area contributed by atoms with Crippen LogP contribution in [0.15, 0.2) is 23.1 Å². The molecule has 0 saturated heterocycles. The highest BCUT2D eigenvalue weighted by Crippen LogP contribution is 2.12. The molecule has 0 aliphatic carbocycles. The molecule has 9 nitrogen and oxygen atoms in total. The Kier molecular flexibility index (Phi) is 4.89. The van der Waals surface area contributed by atoms with Crippen molar-refractivity contribution in [1.82, 2.24) is 25.3 Å². The Hall–Kier alpha value is -2.97. The predicted molar refractivity (Wildman–Crippen MR) is 80.5 cm³/mol. The smallest absolute Gasteiger partial charge is 0.326 e. The van der Waals surface area contributed by atoms with E-state index in [1.54, 1.807) is 6.92 Å². The van der Waals surface area contributed by atoms with Crippen LogP contribution in [0.1, 0.15) is 35.8 Å². The summed E-state index contributed by atoms with van der Waals surface area (Å²) in [6.07, 6.45) is 2.31. The van der Waals surface area contributed by atoms with Crippen molar-refractivity contribution >= 4 is 11.9 Å². The van der Waals surface area contributed by atoms with Crippen molar-refractivity contribution in [2.24, 2.45) is 0 Å². The number of hydrogen-bond acceptors (Lipinski definition) is 5. The van der Waals surface area contributed by atoms with Gasteiger partial charge >= 0.3 is 5.97 Å². The van der Waals surface area contributed by atoms with E-state index in [-0.39, 0.29) is 11.1 Å². The van der Waals surface area contributed by atoms with E-state index in [9.17, 15) is 14.4 Å². The first-order valence-corrected chi connectivity index (χ1v) is 7.08. The average molecular weight is 319 g/mol. The molecular formula is C14H17N5O4. The number of carboxylic acid groups (broad SMARTS) is 1. The first-order valence-electron chi connectivity index (χ1n) is 7.08. The lowest BCUT2D eigenvalue weighted by Crippen LogP contribution is -2.40. The molecule has 2 aromatic heterocycles. The van der Waals surface area contributed by atoms with Crippen LogP contribution in [0.2, 0.25) is 0 Å². The summed E-state index contributed by atoms with van der Waals surface area (Å²) in [5.41, 5.74) is 0.392. The molecule has 9 heteroatoms. The molecule has 0 spiro atoms. The van der Waals surface area contributed by atoms with Crippen LogP contribution in [0.25, 0.3) is 5.82 Å². The fourth-order valence-corrected chi connectivity index (χ4v) is 2.10. The van der Waals surface area contributed by atoms with Crippen LogP contribution < -0.4 is 10.9 Å². The van der Waals surface area contributed by atoms with Gasteiger partial charge in [-0.2, -0.15) is 10.2 Å². The highest BCUT2D eigenvalue weighted by atomic mass is 16.4. The van der Waals surface area contributed by atoms with E-state index in [4.69, 9.17) is 5.11 Å². The van der Waals surface area contributed by atoms with Crippen molar-refractivity contribution in [1.29, 1.82) is 0 Å². The Bertz CT molecular complexity index is 759. The highest BCUT2D eigenvalue weighted by molar-refractivity contribution is 5.97. The Morgan fingerprint density at radius 2 is 2.17 bits per heavy atom. The average Bonchev–Trinajstić information content (AvgIpc) is 2.89. The second kappa shape index (κ2) is 6.86. The van der Waals surface area contributed by atoms with E-state index in [2.05, 4.69) is 20.6 Å². The van der Waals surface area contributed by atoms with Crippen LogP contribution in [0.5, 0.6) is 0 Å². The summed E-state index contributed by atoms with van der Waals surface area (Å²) >= 11 is 0. The monoisotopic (exact) mass is 319 g/mol. The normalized spacial score (nSPS) is 11.9. The third kappa shape index (κ3) is 3.62. The standard InChI is InChI=1S/C14H17N5O4/c1-3-4-10(14(22)23)16-13(21)9-7-15-19(8(9)2)11-5-6-12(20)18-17-11/h5-7,10H,3-4H2,1-2H3,(H,16,21)(H,18,20)(H,22,23).